The van der Waals surface area contributed by atoms with E-state index < -0.39 is 0 Å². The summed E-state index contributed by atoms with van der Waals surface area (Å²) in [6.07, 6.45) is 3.36. The van der Waals surface area contributed by atoms with Crippen molar-refractivity contribution in [3.05, 3.63) is 58.9 Å². The number of amides is 1. The van der Waals surface area contributed by atoms with Gasteiger partial charge in [-0.3, -0.25) is 4.79 Å². The van der Waals surface area contributed by atoms with Crippen molar-refractivity contribution in [1.82, 2.24) is 19.4 Å². The lowest BCUT2D eigenvalue weighted by Crippen LogP contribution is -2.42. The first-order valence-corrected chi connectivity index (χ1v) is 12.6. The van der Waals surface area contributed by atoms with Crippen LogP contribution in [0.3, 0.4) is 0 Å². The van der Waals surface area contributed by atoms with Crippen molar-refractivity contribution in [3.8, 4) is 23.2 Å². The van der Waals surface area contributed by atoms with Gasteiger partial charge in [0.2, 0.25) is 11.8 Å². The molecule has 1 fully saturated rings. The minimum absolute atomic E-state index is 0.0155. The molecular formula is C28H32N6O3. The molecule has 1 saturated heterocycles. The fraction of sp³-hybridized carbons (Fsp3) is 0.429. The first-order chi connectivity index (χ1) is 17.8. The standard InChI is InChI=1S/C28H32N6O3/c1-17(2)33-23(22-16-30-28(32(3)4)31-26(22)36-5)14-21-25(33)24(19-8-6-18(15-29)7-9-19)34(27(21)35)20-10-12-37-13-11-20/h6-9,14,16-17,20,24H,10-13H2,1-5H3. The molecule has 1 atom stereocenters. The Labute approximate surface area is 217 Å². The van der Waals surface area contributed by atoms with Crippen LogP contribution in [0.2, 0.25) is 0 Å². The highest BCUT2D eigenvalue weighted by Gasteiger charge is 2.45. The van der Waals surface area contributed by atoms with Gasteiger partial charge in [0, 0.05) is 45.6 Å². The van der Waals surface area contributed by atoms with Gasteiger partial charge in [0.1, 0.15) is 0 Å². The number of fused-ring (bicyclic) bond motifs is 1. The topological polar surface area (TPSA) is 96.5 Å². The van der Waals surface area contributed by atoms with Gasteiger partial charge < -0.3 is 23.8 Å². The number of nitriles is 1. The van der Waals surface area contributed by atoms with E-state index in [1.165, 1.54) is 0 Å². The summed E-state index contributed by atoms with van der Waals surface area (Å²) in [6, 6.07) is 11.6. The maximum absolute atomic E-state index is 14.1. The fourth-order valence-electron chi connectivity index (χ4n) is 5.44. The molecule has 2 aromatic heterocycles. The first kappa shape index (κ1) is 24.8. The molecule has 192 valence electrons. The van der Waals surface area contributed by atoms with Crippen LogP contribution >= 0.6 is 0 Å². The molecule has 0 aliphatic carbocycles. The molecule has 1 aromatic carbocycles. The van der Waals surface area contributed by atoms with Crippen molar-refractivity contribution >= 4 is 11.9 Å². The number of aromatic nitrogens is 3. The third-order valence-corrected chi connectivity index (χ3v) is 7.14. The summed E-state index contributed by atoms with van der Waals surface area (Å²) in [5.74, 6) is 1.02. The minimum atomic E-state index is -0.276. The summed E-state index contributed by atoms with van der Waals surface area (Å²) in [4.78, 5) is 27.0. The van der Waals surface area contributed by atoms with Gasteiger partial charge in [-0.15, -0.1) is 0 Å². The number of anilines is 1. The van der Waals surface area contributed by atoms with Crippen molar-refractivity contribution in [2.45, 2.75) is 44.8 Å². The van der Waals surface area contributed by atoms with Crippen LogP contribution in [0.1, 0.15) is 66.0 Å². The molecule has 2 aliphatic heterocycles. The zero-order chi connectivity index (χ0) is 26.3. The number of nitrogens with zero attached hydrogens (tertiary/aromatic N) is 6. The minimum Gasteiger partial charge on any atom is -0.480 e. The highest BCUT2D eigenvalue weighted by Crippen LogP contribution is 2.47. The number of methoxy groups -OCH3 is 1. The van der Waals surface area contributed by atoms with Crippen LogP contribution in [0.4, 0.5) is 5.95 Å². The smallest absolute Gasteiger partial charge is 0.256 e. The number of hydrogen-bond donors (Lipinski definition) is 0. The molecule has 0 spiro atoms. The average Bonchev–Trinajstić information content (AvgIpc) is 3.43. The Morgan fingerprint density at radius 1 is 1.16 bits per heavy atom. The van der Waals surface area contributed by atoms with Crippen LogP contribution in [0.15, 0.2) is 36.5 Å². The van der Waals surface area contributed by atoms with Crippen molar-refractivity contribution in [1.29, 1.82) is 5.26 Å². The molecule has 3 aromatic rings. The molecule has 9 heteroatoms. The normalized spacial score (nSPS) is 17.7. The van der Waals surface area contributed by atoms with E-state index in [0.717, 1.165) is 35.4 Å². The Hall–Kier alpha value is -3.90. The fourth-order valence-corrected chi connectivity index (χ4v) is 5.44. The lowest BCUT2D eigenvalue weighted by Gasteiger charge is -2.37. The van der Waals surface area contributed by atoms with Gasteiger partial charge in [-0.05, 0) is 50.5 Å². The van der Waals surface area contributed by atoms with Crippen LogP contribution < -0.4 is 9.64 Å². The number of carbonyl (C=O) groups excluding carboxylic acids is 1. The lowest BCUT2D eigenvalue weighted by molar-refractivity contribution is 0.0242. The van der Waals surface area contributed by atoms with E-state index in [1.807, 2.05) is 54.2 Å². The van der Waals surface area contributed by atoms with Crippen LogP contribution in [-0.2, 0) is 4.74 Å². The molecule has 5 rings (SSSR count). The zero-order valence-corrected chi connectivity index (χ0v) is 21.9. The number of ether oxygens (including phenoxy) is 2. The summed E-state index contributed by atoms with van der Waals surface area (Å²) >= 11 is 0. The molecule has 2 aliphatic rings. The van der Waals surface area contributed by atoms with Crippen LogP contribution in [-0.4, -0.2) is 65.8 Å². The highest BCUT2D eigenvalue weighted by atomic mass is 16.5. The van der Waals surface area contributed by atoms with E-state index in [4.69, 9.17) is 9.47 Å². The number of rotatable bonds is 6. The molecule has 9 nitrogen and oxygen atoms in total. The van der Waals surface area contributed by atoms with Crippen molar-refractivity contribution < 1.29 is 14.3 Å². The number of carbonyl (C=O) groups is 1. The van der Waals surface area contributed by atoms with Crippen LogP contribution in [0.25, 0.3) is 11.3 Å². The van der Waals surface area contributed by atoms with Gasteiger partial charge in [0.05, 0.1) is 47.3 Å². The molecule has 0 bridgehead atoms. The van der Waals surface area contributed by atoms with Crippen molar-refractivity contribution in [2.75, 3.05) is 39.3 Å². The second kappa shape index (κ2) is 9.87. The summed E-state index contributed by atoms with van der Waals surface area (Å²) in [6.45, 7) is 5.51. The second-order valence-corrected chi connectivity index (χ2v) is 9.97. The van der Waals surface area contributed by atoms with Gasteiger partial charge in [-0.2, -0.15) is 10.2 Å². The summed E-state index contributed by atoms with van der Waals surface area (Å²) < 4.78 is 13.5. The predicted octanol–water partition coefficient (Wildman–Crippen LogP) is 4.20. The summed E-state index contributed by atoms with van der Waals surface area (Å²) in [5.41, 5.74) is 4.79. The Kier molecular flexibility index (Phi) is 6.61. The number of benzene rings is 1. The molecule has 1 amide bonds. The molecule has 4 heterocycles. The molecule has 1 unspecified atom stereocenters. The highest BCUT2D eigenvalue weighted by molar-refractivity contribution is 6.01. The Bertz CT molecular complexity index is 1350. The van der Waals surface area contributed by atoms with Gasteiger partial charge in [-0.1, -0.05) is 12.1 Å². The molecular weight excluding hydrogens is 468 g/mol. The Balaban J connectivity index is 1.71. The van der Waals surface area contributed by atoms with Crippen molar-refractivity contribution in [2.24, 2.45) is 0 Å². The quantitative estimate of drug-likeness (QED) is 0.501. The Morgan fingerprint density at radius 2 is 1.86 bits per heavy atom. The monoisotopic (exact) mass is 500 g/mol. The van der Waals surface area contributed by atoms with Crippen LogP contribution in [0, 0.1) is 11.3 Å². The van der Waals surface area contributed by atoms with Crippen molar-refractivity contribution in [3.63, 3.8) is 0 Å². The third-order valence-electron chi connectivity index (χ3n) is 7.14. The van der Waals surface area contributed by atoms with Gasteiger partial charge in [0.15, 0.2) is 0 Å². The van der Waals surface area contributed by atoms with E-state index in [-0.39, 0.29) is 24.0 Å². The summed E-state index contributed by atoms with van der Waals surface area (Å²) in [7, 11) is 5.36. The predicted molar refractivity (Wildman–Crippen MR) is 140 cm³/mol. The maximum Gasteiger partial charge on any atom is 0.256 e. The van der Waals surface area contributed by atoms with Gasteiger partial charge in [0.25, 0.3) is 5.91 Å². The summed E-state index contributed by atoms with van der Waals surface area (Å²) in [5, 5.41) is 9.34. The molecule has 0 saturated carbocycles. The van der Waals surface area contributed by atoms with E-state index in [1.54, 1.807) is 13.3 Å². The van der Waals surface area contributed by atoms with E-state index >= 15 is 0 Å². The average molecular weight is 501 g/mol. The third kappa shape index (κ3) is 4.21. The molecule has 0 N–H and O–H groups in total. The van der Waals surface area contributed by atoms with E-state index in [0.29, 0.717) is 36.2 Å². The Morgan fingerprint density at radius 3 is 2.46 bits per heavy atom. The molecule has 0 radical (unpaired) electrons. The van der Waals surface area contributed by atoms with Crippen LogP contribution in [0.5, 0.6) is 5.88 Å². The lowest BCUT2D eigenvalue weighted by atomic mass is 9.98. The van der Waals surface area contributed by atoms with Gasteiger partial charge in [-0.25, -0.2) is 4.98 Å². The van der Waals surface area contributed by atoms with E-state index in [9.17, 15) is 10.1 Å². The SMILES string of the molecule is COc1nc(N(C)C)ncc1-c1cc2c(n1C(C)C)C(c1ccc(C#N)cc1)N(C1CCOCC1)C2=O. The number of hydrogen-bond acceptors (Lipinski definition) is 7. The van der Waals surface area contributed by atoms with Gasteiger partial charge >= 0.3 is 0 Å². The molecule has 37 heavy (non-hydrogen) atoms. The second-order valence-electron chi connectivity index (χ2n) is 9.97. The first-order valence-electron chi connectivity index (χ1n) is 12.6. The largest absolute Gasteiger partial charge is 0.480 e. The van der Waals surface area contributed by atoms with E-state index in [2.05, 4.69) is 34.5 Å². The zero-order valence-electron chi connectivity index (χ0n) is 21.9. The maximum atomic E-state index is 14.1.